The molecule has 12 N–H and O–H groups in total. The van der Waals surface area contributed by atoms with Gasteiger partial charge in [0.25, 0.3) is 0 Å². The van der Waals surface area contributed by atoms with E-state index in [-0.39, 0.29) is 36.6 Å². The van der Waals surface area contributed by atoms with E-state index in [0.29, 0.717) is 25.7 Å². The second kappa shape index (κ2) is 25.9. The normalized spacial score (nSPS) is 8.47. The average Bonchev–Trinajstić information content (AvgIpc) is 3.37. The number of nitrogens with two attached hydrogens (primary N) is 2. The van der Waals surface area contributed by atoms with Crippen LogP contribution in [0.1, 0.15) is 51.4 Å². The van der Waals surface area contributed by atoms with Crippen LogP contribution in [0.15, 0.2) is 23.2 Å². The first-order valence-electron chi connectivity index (χ1n) is 9.29. The summed E-state index contributed by atoms with van der Waals surface area (Å²) in [5, 5.41) is 41.1. The van der Waals surface area contributed by atoms with Crippen molar-refractivity contribution in [3.8, 4) is 0 Å². The van der Waals surface area contributed by atoms with Crippen LogP contribution in [0.2, 0.25) is 0 Å². The Kier molecular flexibility index (Phi) is 28.9. The van der Waals surface area contributed by atoms with Crippen LogP contribution in [-0.4, -0.2) is 45.0 Å². The molecule has 34 heavy (non-hydrogen) atoms. The number of hydrogen-bond acceptors (Lipinski definition) is 10. The van der Waals surface area contributed by atoms with Gasteiger partial charge in [0.05, 0.1) is 12.4 Å². The third-order valence-corrected chi connectivity index (χ3v) is 4.31. The molecule has 0 aliphatic heterocycles. The highest BCUT2D eigenvalue weighted by Crippen LogP contribution is 1.99. The maximum absolute atomic E-state index is 9.90. The van der Waals surface area contributed by atoms with E-state index >= 15 is 0 Å². The largest absolute Gasteiger partial charge is 0.550 e. The summed E-state index contributed by atoms with van der Waals surface area (Å²) in [7, 11) is 0. The maximum Gasteiger partial charge on any atom is 0.329 e. The van der Waals surface area contributed by atoms with Crippen molar-refractivity contribution in [1.29, 1.82) is 0 Å². The lowest BCUT2D eigenvalue weighted by Crippen LogP contribution is -2.23. The number of rotatable bonds is 10. The smallest absolute Gasteiger partial charge is 0.329 e. The number of carbonyl (C=O) groups is 4. The molecule has 0 spiro atoms. The molecule has 2 aromatic rings. The number of aliphatic carboxylic acids is 4. The Labute approximate surface area is 203 Å². The second-order valence-electron chi connectivity index (χ2n) is 5.80. The predicted octanol–water partition coefficient (Wildman–Crippen LogP) is -2.60. The lowest BCUT2D eigenvalue weighted by atomic mass is 10.2. The summed E-state index contributed by atoms with van der Waals surface area (Å²) < 4.78 is 0. The van der Waals surface area contributed by atoms with Crippen molar-refractivity contribution in [3.05, 3.63) is 23.2 Å². The molecule has 0 saturated heterocycles. The minimum absolute atomic E-state index is 0. The van der Waals surface area contributed by atoms with Crippen LogP contribution in [0.3, 0.4) is 0 Å². The van der Waals surface area contributed by atoms with Crippen LogP contribution in [0.5, 0.6) is 0 Å². The number of hydrogen-bond donors (Lipinski definition) is 4. The van der Waals surface area contributed by atoms with Crippen LogP contribution in [-0.2, 0) is 19.2 Å². The molecule has 0 bridgehead atoms. The molecule has 0 amide bonds. The number of nitrogen functional groups attached to an aromatic ring is 2. The number of carboxylic acids is 4. The summed E-state index contributed by atoms with van der Waals surface area (Å²) in [5.74, 6) is -4.02. The molecule has 0 aliphatic carbocycles. The molecule has 16 heteroatoms. The van der Waals surface area contributed by atoms with E-state index in [0.717, 1.165) is 10.3 Å². The standard InChI is InChI=1S/2C6H10O4.2C3H4N2S.2H2O/c2*7-5(8)3-1-2-4-6(9)10;2*4-3-5-1-2-6-3;;/h2*1-4H2,(H,7,8)(H,9,10);2*1-2H,(H2,4,5);2*1H2. The quantitative estimate of drug-likeness (QED) is 0.233. The number of unbranched alkanes of at least 4 members (excludes halogenated alkanes) is 2. The Morgan fingerprint density at radius 2 is 1.00 bits per heavy atom. The minimum atomic E-state index is -1.14. The highest BCUT2D eigenvalue weighted by Gasteiger charge is 1.99. The van der Waals surface area contributed by atoms with Crippen LogP contribution in [0, 0.1) is 0 Å². The summed E-state index contributed by atoms with van der Waals surface area (Å²) in [6.07, 6.45) is 5.16. The number of nitrogens with one attached hydrogen (secondary N) is 2. The molecule has 14 nitrogen and oxygen atoms in total. The molecule has 0 atom stereocenters. The molecular weight excluding hydrogens is 496 g/mol. The molecule has 0 aromatic carbocycles. The monoisotopic (exact) mass is 528 g/mol. The van der Waals surface area contributed by atoms with Crippen LogP contribution in [0.4, 0.5) is 10.3 Å². The Bertz CT molecular complexity index is 663. The highest BCUT2D eigenvalue weighted by atomic mass is 32.1. The zero-order valence-electron chi connectivity index (χ0n) is 18.3. The number of H-pyrrole nitrogens is 2. The molecule has 0 radical (unpaired) electrons. The molecule has 0 unspecified atom stereocenters. The Balaban J connectivity index is -0.000000177. The van der Waals surface area contributed by atoms with E-state index in [1.54, 1.807) is 12.4 Å². The number of carboxylic acid groups (broad SMARTS) is 4. The van der Waals surface area contributed by atoms with Gasteiger partial charge in [0.2, 0.25) is 0 Å². The van der Waals surface area contributed by atoms with E-state index < -0.39 is 23.9 Å². The zero-order valence-corrected chi connectivity index (χ0v) is 19.9. The van der Waals surface area contributed by atoms with Crippen molar-refractivity contribution in [3.63, 3.8) is 0 Å². The van der Waals surface area contributed by atoms with Gasteiger partial charge in [-0.2, -0.15) is 0 Å². The maximum atomic E-state index is 9.90. The number of thiazole rings is 2. The fourth-order valence-corrected chi connectivity index (χ4v) is 2.44. The summed E-state index contributed by atoms with van der Waals surface area (Å²) in [6, 6.07) is 0. The second-order valence-corrected chi connectivity index (χ2v) is 7.70. The summed E-state index contributed by atoms with van der Waals surface area (Å²) in [4.78, 5) is 44.9. The summed E-state index contributed by atoms with van der Waals surface area (Å²) in [5.41, 5.74) is 10.5. The van der Waals surface area contributed by atoms with Crippen molar-refractivity contribution in [2.24, 2.45) is 0 Å². The number of aromatic amines is 2. The van der Waals surface area contributed by atoms with Gasteiger partial charge in [0.1, 0.15) is 0 Å². The number of carbonyl (C=O) groups excluding carboxylic acids is 2. The molecule has 0 fully saturated rings. The molecule has 196 valence electrons. The molecular formula is C18H32N4O10S2. The van der Waals surface area contributed by atoms with Gasteiger partial charge < -0.3 is 41.0 Å². The molecule has 2 heterocycles. The number of anilines is 2. The first-order chi connectivity index (χ1) is 15.0. The van der Waals surface area contributed by atoms with Gasteiger partial charge in [-0.25, -0.2) is 9.97 Å². The van der Waals surface area contributed by atoms with Gasteiger partial charge in [0, 0.05) is 35.5 Å². The first-order valence-corrected chi connectivity index (χ1v) is 11.0. The van der Waals surface area contributed by atoms with Gasteiger partial charge >= 0.3 is 22.2 Å². The van der Waals surface area contributed by atoms with Crippen LogP contribution < -0.4 is 31.6 Å². The van der Waals surface area contributed by atoms with Crippen molar-refractivity contribution in [2.75, 3.05) is 11.5 Å². The molecule has 0 saturated carbocycles. The first kappa shape index (κ1) is 37.9. The Morgan fingerprint density at radius 1 is 0.706 bits per heavy atom. The molecule has 2 rings (SSSR count). The summed E-state index contributed by atoms with van der Waals surface area (Å²) in [6.45, 7) is 0. The fraction of sp³-hybridized carbons (Fsp3) is 0.444. The van der Waals surface area contributed by atoms with Crippen molar-refractivity contribution >= 4 is 56.8 Å². The topological polar surface area (TPSA) is 298 Å². The van der Waals surface area contributed by atoms with Crippen molar-refractivity contribution in [2.45, 2.75) is 51.4 Å². The van der Waals surface area contributed by atoms with Gasteiger partial charge in [-0.05, 0) is 38.5 Å². The van der Waals surface area contributed by atoms with Gasteiger partial charge in [0.15, 0.2) is 0 Å². The van der Waals surface area contributed by atoms with Gasteiger partial charge in [-0.1, -0.05) is 22.7 Å². The lowest BCUT2D eigenvalue weighted by molar-refractivity contribution is -0.354. The molecule has 2 aromatic heterocycles. The zero-order chi connectivity index (χ0) is 24.8. The van der Waals surface area contributed by atoms with Crippen molar-refractivity contribution < 1.29 is 60.5 Å². The third-order valence-electron chi connectivity index (χ3n) is 3.02. The Morgan fingerprint density at radius 3 is 1.15 bits per heavy atom. The summed E-state index contributed by atoms with van der Waals surface area (Å²) >= 11 is 3.00. The Hall–Kier alpha value is -3.34. The van der Waals surface area contributed by atoms with E-state index in [1.807, 2.05) is 10.8 Å². The van der Waals surface area contributed by atoms with E-state index in [9.17, 15) is 29.4 Å². The van der Waals surface area contributed by atoms with Crippen molar-refractivity contribution in [1.82, 2.24) is 0 Å². The minimum Gasteiger partial charge on any atom is -0.550 e. The SMILES string of the molecule is Nc1[nH+]ccs1.Nc1[nH+]ccs1.O.O.O=C(O)CCCCC(=O)O.O=C([O-])CCCCC(=O)[O-]. The number of aromatic nitrogens is 2. The van der Waals surface area contributed by atoms with E-state index in [4.69, 9.17) is 21.7 Å². The van der Waals surface area contributed by atoms with E-state index in [1.165, 1.54) is 22.7 Å². The fourth-order valence-electron chi connectivity index (χ4n) is 1.61. The van der Waals surface area contributed by atoms with Gasteiger partial charge in [-0.15, -0.1) is 0 Å². The van der Waals surface area contributed by atoms with Crippen LogP contribution >= 0.6 is 22.7 Å². The lowest BCUT2D eigenvalue weighted by Gasteiger charge is -2.01. The van der Waals surface area contributed by atoms with E-state index in [2.05, 4.69) is 9.97 Å². The van der Waals surface area contributed by atoms with Gasteiger partial charge in [-0.3, -0.25) is 21.1 Å². The van der Waals surface area contributed by atoms with Crippen LogP contribution in [0.25, 0.3) is 0 Å². The molecule has 0 aliphatic rings. The average molecular weight is 529 g/mol. The predicted molar refractivity (Wildman–Crippen MR) is 120 cm³/mol. The highest BCUT2D eigenvalue weighted by molar-refractivity contribution is 7.13. The third kappa shape index (κ3) is 36.1.